The molecule has 3 rings (SSSR count). The summed E-state index contributed by atoms with van der Waals surface area (Å²) in [6.07, 6.45) is 1.99. The van der Waals surface area contributed by atoms with E-state index in [1.807, 2.05) is 24.3 Å². The number of rotatable bonds is 6. The van der Waals surface area contributed by atoms with E-state index in [2.05, 4.69) is 10.6 Å². The first-order chi connectivity index (χ1) is 14.3. The van der Waals surface area contributed by atoms with E-state index < -0.39 is 42.5 Å². The van der Waals surface area contributed by atoms with Gasteiger partial charge in [0.2, 0.25) is 5.91 Å². The van der Waals surface area contributed by atoms with Crippen molar-refractivity contribution in [2.75, 3.05) is 33.8 Å². The number of carbonyl (C=O) groups excluding carboxylic acids is 5. The summed E-state index contributed by atoms with van der Waals surface area (Å²) in [6, 6.07) is 6.76. The number of esters is 1. The Labute approximate surface area is 173 Å². The Kier molecular flexibility index (Phi) is 6.04. The zero-order valence-electron chi connectivity index (χ0n) is 16.9. The lowest BCUT2D eigenvalue weighted by Crippen LogP contribution is -2.47. The number of likely N-dealkylation sites (N-methyl/N-ethyl adjacent to an activating group) is 2. The number of amides is 5. The molecule has 0 unspecified atom stereocenters. The van der Waals surface area contributed by atoms with Crippen LogP contribution in [0.25, 0.3) is 0 Å². The van der Waals surface area contributed by atoms with Gasteiger partial charge in [0.25, 0.3) is 11.8 Å². The molecule has 0 bridgehead atoms. The molecule has 160 valence electrons. The van der Waals surface area contributed by atoms with Gasteiger partial charge in [-0.2, -0.15) is 0 Å². The maximum atomic E-state index is 13.1. The quantitative estimate of drug-likeness (QED) is 0.477. The van der Waals surface area contributed by atoms with E-state index in [4.69, 9.17) is 4.74 Å². The smallest absolute Gasteiger partial charge is 0.326 e. The number of fused-ring (bicyclic) bond motifs is 2. The number of nitrogens with one attached hydrogen (secondary N) is 2. The average Bonchev–Trinajstić information content (AvgIpc) is 2.96. The molecule has 1 aromatic rings. The average molecular weight is 416 g/mol. The van der Waals surface area contributed by atoms with E-state index in [1.54, 1.807) is 0 Å². The molecule has 1 aliphatic carbocycles. The zero-order valence-corrected chi connectivity index (χ0v) is 16.9. The van der Waals surface area contributed by atoms with Crippen LogP contribution in [0.3, 0.4) is 0 Å². The van der Waals surface area contributed by atoms with Crippen LogP contribution in [0.4, 0.5) is 4.79 Å². The van der Waals surface area contributed by atoms with Gasteiger partial charge in [0.15, 0.2) is 6.61 Å². The number of hydrogen-bond donors (Lipinski definition) is 2. The molecular weight excluding hydrogens is 392 g/mol. The maximum Gasteiger partial charge on any atom is 0.326 e. The summed E-state index contributed by atoms with van der Waals surface area (Å²) in [5, 5.41) is 5.13. The Balaban J connectivity index is 1.62. The summed E-state index contributed by atoms with van der Waals surface area (Å²) in [7, 11) is 2.84. The predicted molar refractivity (Wildman–Crippen MR) is 104 cm³/mol. The molecule has 0 aromatic heterocycles. The largest absolute Gasteiger partial charge is 0.454 e. The number of nitrogens with zero attached hydrogens (tertiary/aromatic N) is 2. The zero-order chi connectivity index (χ0) is 21.9. The summed E-state index contributed by atoms with van der Waals surface area (Å²) < 4.78 is 4.91. The molecule has 2 aliphatic rings. The van der Waals surface area contributed by atoms with E-state index in [0.29, 0.717) is 6.42 Å². The van der Waals surface area contributed by atoms with Crippen LogP contribution < -0.4 is 10.6 Å². The Hall–Kier alpha value is -3.43. The van der Waals surface area contributed by atoms with Crippen molar-refractivity contribution in [1.82, 2.24) is 20.4 Å². The number of urea groups is 1. The van der Waals surface area contributed by atoms with Crippen molar-refractivity contribution in [3.63, 3.8) is 0 Å². The molecule has 1 saturated heterocycles. The van der Waals surface area contributed by atoms with E-state index in [1.165, 1.54) is 14.1 Å². The Morgan fingerprint density at radius 2 is 2.00 bits per heavy atom. The first kappa shape index (κ1) is 21.3. The molecule has 1 aliphatic heterocycles. The van der Waals surface area contributed by atoms with Gasteiger partial charge in [-0.25, -0.2) is 4.79 Å². The minimum absolute atomic E-state index is 0.179. The molecule has 1 atom stereocenters. The van der Waals surface area contributed by atoms with Crippen molar-refractivity contribution in [1.29, 1.82) is 0 Å². The van der Waals surface area contributed by atoms with Gasteiger partial charge in [-0.3, -0.25) is 24.1 Å². The molecule has 2 N–H and O–H groups in total. The van der Waals surface area contributed by atoms with Crippen molar-refractivity contribution >= 4 is 29.7 Å². The second-order valence-electron chi connectivity index (χ2n) is 7.32. The van der Waals surface area contributed by atoms with Crippen LogP contribution in [0.5, 0.6) is 0 Å². The van der Waals surface area contributed by atoms with E-state index in [0.717, 1.165) is 33.8 Å². The maximum absolute atomic E-state index is 13.1. The molecule has 5 amide bonds. The lowest BCUT2D eigenvalue weighted by atomic mass is 9.76. The normalized spacial score (nSPS) is 19.9. The van der Waals surface area contributed by atoms with Crippen LogP contribution in [0.2, 0.25) is 0 Å². The van der Waals surface area contributed by atoms with Gasteiger partial charge in [0.05, 0.1) is 6.54 Å². The summed E-state index contributed by atoms with van der Waals surface area (Å²) >= 11 is 0. The minimum Gasteiger partial charge on any atom is -0.454 e. The van der Waals surface area contributed by atoms with Gasteiger partial charge in [-0.15, -0.1) is 0 Å². The topological polar surface area (TPSA) is 125 Å². The monoisotopic (exact) mass is 416 g/mol. The molecule has 10 nitrogen and oxygen atoms in total. The van der Waals surface area contributed by atoms with Crippen LogP contribution >= 0.6 is 0 Å². The van der Waals surface area contributed by atoms with Crippen LogP contribution in [0.15, 0.2) is 24.3 Å². The molecule has 1 fully saturated rings. The minimum atomic E-state index is -1.17. The third kappa shape index (κ3) is 3.98. The molecule has 0 saturated carbocycles. The van der Waals surface area contributed by atoms with Gasteiger partial charge in [0.1, 0.15) is 12.1 Å². The highest BCUT2D eigenvalue weighted by Crippen LogP contribution is 2.39. The van der Waals surface area contributed by atoms with Crippen molar-refractivity contribution in [2.24, 2.45) is 0 Å². The van der Waals surface area contributed by atoms with Crippen LogP contribution in [0, 0.1) is 0 Å². The molecular formula is C20H24N4O6. The highest BCUT2D eigenvalue weighted by Gasteiger charge is 2.54. The fraction of sp³-hybridized carbons (Fsp3) is 0.450. The van der Waals surface area contributed by atoms with Crippen molar-refractivity contribution in [3.8, 4) is 0 Å². The van der Waals surface area contributed by atoms with Gasteiger partial charge in [-0.05, 0) is 30.4 Å². The summed E-state index contributed by atoms with van der Waals surface area (Å²) in [4.78, 5) is 62.9. The Bertz CT molecular complexity index is 901. The highest BCUT2D eigenvalue weighted by atomic mass is 16.5. The van der Waals surface area contributed by atoms with Crippen LogP contribution in [-0.2, 0) is 35.9 Å². The fourth-order valence-corrected chi connectivity index (χ4v) is 3.76. The molecule has 0 radical (unpaired) electrons. The van der Waals surface area contributed by atoms with Crippen molar-refractivity contribution in [2.45, 2.75) is 24.8 Å². The molecule has 1 aromatic carbocycles. The molecule has 1 heterocycles. The molecule has 1 spiro atoms. The van der Waals surface area contributed by atoms with E-state index in [-0.39, 0.29) is 12.5 Å². The van der Waals surface area contributed by atoms with E-state index in [9.17, 15) is 24.0 Å². The Morgan fingerprint density at radius 3 is 2.73 bits per heavy atom. The number of carbonyl (C=O) groups is 5. The number of aryl methyl sites for hydroxylation is 1. The van der Waals surface area contributed by atoms with Gasteiger partial charge < -0.3 is 20.3 Å². The number of imide groups is 1. The predicted octanol–water partition coefficient (Wildman–Crippen LogP) is -0.482. The van der Waals surface area contributed by atoms with Crippen molar-refractivity contribution < 1.29 is 28.7 Å². The lowest BCUT2D eigenvalue weighted by Gasteiger charge is -2.33. The second-order valence-corrected chi connectivity index (χ2v) is 7.32. The number of ether oxygens (including phenoxy) is 1. The third-order valence-corrected chi connectivity index (χ3v) is 5.38. The Morgan fingerprint density at radius 1 is 1.27 bits per heavy atom. The van der Waals surface area contributed by atoms with Crippen LogP contribution in [-0.4, -0.2) is 73.3 Å². The summed E-state index contributed by atoms with van der Waals surface area (Å²) in [6.45, 7) is -1.37. The third-order valence-electron chi connectivity index (χ3n) is 5.38. The standard InChI is InChI=1S/C20H24N4O6/c1-21-15(25)10-23(2)16(26)12-30-17(27)11-24-18(28)20(22-19(24)29)9-5-7-13-6-3-4-8-14(13)20/h3-4,6,8H,5,7,9-12H2,1-2H3,(H,21,25)(H,22,29)/t20-/m0/s1. The lowest BCUT2D eigenvalue weighted by molar-refractivity contribution is -0.153. The van der Waals surface area contributed by atoms with Crippen LogP contribution in [0.1, 0.15) is 24.0 Å². The molecule has 10 heteroatoms. The summed E-state index contributed by atoms with van der Waals surface area (Å²) in [5.74, 6) is -2.34. The first-order valence-corrected chi connectivity index (χ1v) is 9.61. The fourth-order valence-electron chi connectivity index (χ4n) is 3.76. The SMILES string of the molecule is CNC(=O)CN(C)C(=O)COC(=O)CN1C(=O)N[C@]2(CCCc3ccccc32)C1=O. The highest BCUT2D eigenvalue weighted by molar-refractivity contribution is 6.09. The number of benzene rings is 1. The van der Waals surface area contributed by atoms with Gasteiger partial charge >= 0.3 is 12.0 Å². The molecule has 30 heavy (non-hydrogen) atoms. The summed E-state index contributed by atoms with van der Waals surface area (Å²) in [5.41, 5.74) is 0.568. The van der Waals surface area contributed by atoms with E-state index >= 15 is 0 Å². The first-order valence-electron chi connectivity index (χ1n) is 9.61. The van der Waals surface area contributed by atoms with Gasteiger partial charge in [-0.1, -0.05) is 24.3 Å². The van der Waals surface area contributed by atoms with Gasteiger partial charge in [0, 0.05) is 14.1 Å². The second kappa shape index (κ2) is 8.52. The van der Waals surface area contributed by atoms with Crippen molar-refractivity contribution in [3.05, 3.63) is 35.4 Å². The number of hydrogen-bond acceptors (Lipinski definition) is 6.